The first-order valence-corrected chi connectivity index (χ1v) is 13.2. The molecular weight excluding hydrogens is 592 g/mol. The summed E-state index contributed by atoms with van der Waals surface area (Å²) in [6.45, 7) is 3.92. The topological polar surface area (TPSA) is 178 Å². The molecule has 0 aromatic heterocycles. The molecule has 3 rings (SSSR count). The van der Waals surface area contributed by atoms with Gasteiger partial charge in [-0.2, -0.15) is 0 Å². The Bertz CT molecular complexity index is 1390. The molecule has 0 radical (unpaired) electrons. The predicted molar refractivity (Wildman–Crippen MR) is 145 cm³/mol. The lowest BCUT2D eigenvalue weighted by Gasteiger charge is -2.43. The maximum absolute atomic E-state index is 12.8. The van der Waals surface area contributed by atoms with Crippen molar-refractivity contribution in [3.8, 4) is 11.5 Å². The van der Waals surface area contributed by atoms with Crippen LogP contribution in [0.2, 0.25) is 5.02 Å². The Morgan fingerprint density at radius 3 is 1.91 bits per heavy atom. The van der Waals surface area contributed by atoms with Crippen molar-refractivity contribution in [2.24, 2.45) is 0 Å². The molecule has 0 bridgehead atoms. The fourth-order valence-electron chi connectivity index (χ4n) is 4.22. The van der Waals surface area contributed by atoms with Crippen molar-refractivity contribution in [3.05, 3.63) is 58.6 Å². The minimum atomic E-state index is -1.55. The van der Waals surface area contributed by atoms with E-state index < -0.39 is 84.9 Å². The third kappa shape index (κ3) is 9.25. The number of Topliss-reactive ketones (excluding diaryl/α,β-unsaturated/α-hetero) is 2. The van der Waals surface area contributed by atoms with Gasteiger partial charge < -0.3 is 33.5 Å². The van der Waals surface area contributed by atoms with Gasteiger partial charge in [-0.1, -0.05) is 11.6 Å². The Labute approximate surface area is 250 Å². The minimum absolute atomic E-state index is 0.0843. The van der Waals surface area contributed by atoms with Gasteiger partial charge in [0.2, 0.25) is 12.4 Å². The summed E-state index contributed by atoms with van der Waals surface area (Å²) in [5.74, 6) is -4.90. The number of halogens is 1. The Morgan fingerprint density at radius 1 is 0.767 bits per heavy atom. The summed E-state index contributed by atoms with van der Waals surface area (Å²) in [6, 6.07) is 9.53. The van der Waals surface area contributed by atoms with Crippen LogP contribution in [-0.4, -0.2) is 77.9 Å². The van der Waals surface area contributed by atoms with E-state index in [0.717, 1.165) is 33.8 Å². The molecule has 2 aromatic carbocycles. The number of carbonyl (C=O) groups is 6. The molecule has 13 nitrogen and oxygen atoms in total. The van der Waals surface area contributed by atoms with E-state index in [0.29, 0.717) is 5.02 Å². The Morgan fingerprint density at radius 2 is 1.35 bits per heavy atom. The maximum atomic E-state index is 12.8. The van der Waals surface area contributed by atoms with Crippen LogP contribution >= 0.6 is 11.6 Å². The molecule has 0 spiro atoms. The fourth-order valence-corrected chi connectivity index (χ4v) is 4.34. The van der Waals surface area contributed by atoms with Crippen molar-refractivity contribution in [2.45, 2.75) is 64.8 Å². The second kappa shape index (κ2) is 14.6. The van der Waals surface area contributed by atoms with Crippen LogP contribution in [0.1, 0.15) is 54.8 Å². The molecule has 1 aliphatic heterocycles. The van der Waals surface area contributed by atoms with E-state index in [4.69, 9.17) is 40.0 Å². The number of hydrogen-bond acceptors (Lipinski definition) is 13. The van der Waals surface area contributed by atoms with E-state index in [-0.39, 0.29) is 16.9 Å². The SMILES string of the molecule is CC(=O)OC[C@H]1O[C@@H](Oc2ccc(C(=O)CC(=O)c3ccc(Cl)cc3)c(O)c2)[C@H](OC(C)=O)[C@@H](OC(C)=O)[C@@H]1OC(C)=O. The van der Waals surface area contributed by atoms with Gasteiger partial charge in [0.05, 0.1) is 12.0 Å². The van der Waals surface area contributed by atoms with E-state index in [1.54, 1.807) is 0 Å². The summed E-state index contributed by atoms with van der Waals surface area (Å²) in [6.07, 6.45) is -7.67. The van der Waals surface area contributed by atoms with Gasteiger partial charge in [0.15, 0.2) is 23.8 Å². The molecule has 0 unspecified atom stereocenters. The molecule has 0 amide bonds. The van der Waals surface area contributed by atoms with Crippen LogP contribution in [0.15, 0.2) is 42.5 Å². The molecule has 0 aliphatic carbocycles. The third-order valence-corrected chi connectivity index (χ3v) is 6.21. The van der Waals surface area contributed by atoms with Gasteiger partial charge in [-0.05, 0) is 36.4 Å². The maximum Gasteiger partial charge on any atom is 0.303 e. The zero-order valence-corrected chi connectivity index (χ0v) is 24.3. The number of aromatic hydroxyl groups is 1. The number of ether oxygens (including phenoxy) is 6. The second-order valence-corrected chi connectivity index (χ2v) is 9.83. The first-order chi connectivity index (χ1) is 20.2. The van der Waals surface area contributed by atoms with E-state index in [1.807, 2.05) is 0 Å². The smallest absolute Gasteiger partial charge is 0.303 e. The zero-order chi connectivity index (χ0) is 31.8. The predicted octanol–water partition coefficient (Wildman–Crippen LogP) is 2.96. The highest BCUT2D eigenvalue weighted by Gasteiger charge is 2.53. The average Bonchev–Trinajstić information content (AvgIpc) is 2.90. The fraction of sp³-hybridized carbons (Fsp3) is 0.379. The molecule has 14 heteroatoms. The van der Waals surface area contributed by atoms with Crippen molar-refractivity contribution in [1.82, 2.24) is 0 Å². The molecule has 1 heterocycles. The number of ketones is 2. The van der Waals surface area contributed by atoms with Gasteiger partial charge in [-0.3, -0.25) is 28.8 Å². The molecule has 5 atom stereocenters. The number of phenolic OH excluding ortho intramolecular Hbond substituents is 1. The second-order valence-electron chi connectivity index (χ2n) is 9.39. The van der Waals surface area contributed by atoms with Gasteiger partial charge >= 0.3 is 23.9 Å². The number of rotatable bonds is 11. The Kier molecular flexibility index (Phi) is 11.2. The Hall–Kier alpha value is -4.49. The summed E-state index contributed by atoms with van der Waals surface area (Å²) >= 11 is 5.83. The minimum Gasteiger partial charge on any atom is -0.507 e. The number of hydrogen-bond donors (Lipinski definition) is 1. The van der Waals surface area contributed by atoms with Gasteiger partial charge in [0.1, 0.15) is 24.2 Å². The van der Waals surface area contributed by atoms with Crippen LogP contribution in [0, 0.1) is 0 Å². The van der Waals surface area contributed by atoms with Gasteiger partial charge in [-0.25, -0.2) is 0 Å². The third-order valence-electron chi connectivity index (χ3n) is 5.96. The van der Waals surface area contributed by atoms with Crippen LogP contribution in [0.25, 0.3) is 0 Å². The average molecular weight is 621 g/mol. The lowest BCUT2D eigenvalue weighted by atomic mass is 9.98. The van der Waals surface area contributed by atoms with E-state index in [9.17, 15) is 33.9 Å². The summed E-state index contributed by atoms with van der Waals surface area (Å²) in [7, 11) is 0. The molecule has 1 fully saturated rings. The number of phenols is 1. The molecule has 1 aliphatic rings. The molecular formula is C29H29ClO13. The molecule has 0 saturated carbocycles. The van der Waals surface area contributed by atoms with Gasteiger partial charge in [-0.15, -0.1) is 0 Å². The highest BCUT2D eigenvalue weighted by atomic mass is 35.5. The molecule has 1 saturated heterocycles. The van der Waals surface area contributed by atoms with Crippen LogP contribution in [-0.2, 0) is 42.9 Å². The molecule has 1 N–H and O–H groups in total. The number of esters is 4. The van der Waals surface area contributed by atoms with Crippen molar-refractivity contribution < 1.29 is 62.3 Å². The van der Waals surface area contributed by atoms with E-state index in [2.05, 4.69) is 0 Å². The van der Waals surface area contributed by atoms with Crippen LogP contribution in [0.5, 0.6) is 11.5 Å². The summed E-state index contributed by atoms with van der Waals surface area (Å²) < 4.78 is 32.7. The number of benzene rings is 2. The zero-order valence-electron chi connectivity index (χ0n) is 23.6. The highest BCUT2D eigenvalue weighted by Crippen LogP contribution is 2.33. The van der Waals surface area contributed by atoms with Crippen LogP contribution < -0.4 is 4.74 Å². The quantitative estimate of drug-likeness (QED) is 0.168. The molecule has 230 valence electrons. The summed E-state index contributed by atoms with van der Waals surface area (Å²) in [4.78, 5) is 72.6. The molecule has 2 aromatic rings. The van der Waals surface area contributed by atoms with Gasteiger partial charge in [0, 0.05) is 44.3 Å². The summed E-state index contributed by atoms with van der Waals surface area (Å²) in [5.41, 5.74) is 0.0945. The number of carbonyl (C=O) groups excluding carboxylic acids is 6. The van der Waals surface area contributed by atoms with Crippen molar-refractivity contribution in [1.29, 1.82) is 0 Å². The lowest BCUT2D eigenvalue weighted by Crippen LogP contribution is -2.63. The monoisotopic (exact) mass is 620 g/mol. The van der Waals surface area contributed by atoms with Gasteiger partial charge in [0.25, 0.3) is 0 Å². The largest absolute Gasteiger partial charge is 0.507 e. The standard InChI is InChI=1S/C29H29ClO13/c1-14(31)38-13-25-26(39-15(2)32)27(40-16(3)33)28(41-17(4)34)29(43-25)42-20-9-10-21(23(36)11-20)24(37)12-22(35)18-5-7-19(30)8-6-18/h5-11,25-29,36H,12-13H2,1-4H3/t25-,26-,27+,28-,29-/m1/s1. The van der Waals surface area contributed by atoms with Crippen LogP contribution in [0.3, 0.4) is 0 Å². The van der Waals surface area contributed by atoms with E-state index >= 15 is 0 Å². The van der Waals surface area contributed by atoms with Crippen molar-refractivity contribution in [2.75, 3.05) is 6.61 Å². The summed E-state index contributed by atoms with van der Waals surface area (Å²) in [5, 5.41) is 11.0. The highest BCUT2D eigenvalue weighted by molar-refractivity contribution is 6.30. The van der Waals surface area contributed by atoms with Crippen molar-refractivity contribution >= 4 is 47.0 Å². The normalized spacial score (nSPS) is 21.2. The first-order valence-electron chi connectivity index (χ1n) is 12.9. The van der Waals surface area contributed by atoms with E-state index in [1.165, 1.54) is 36.4 Å². The first kappa shape index (κ1) is 33.0. The van der Waals surface area contributed by atoms with Crippen molar-refractivity contribution in [3.63, 3.8) is 0 Å². The lowest BCUT2D eigenvalue weighted by molar-refractivity contribution is -0.288. The Balaban J connectivity index is 1.88. The molecule has 43 heavy (non-hydrogen) atoms. The van der Waals surface area contributed by atoms with Crippen LogP contribution in [0.4, 0.5) is 0 Å².